The molecule has 3 aromatic rings. The van der Waals surface area contributed by atoms with E-state index in [0.717, 1.165) is 41.6 Å². The predicted molar refractivity (Wildman–Crippen MR) is 122 cm³/mol. The van der Waals surface area contributed by atoms with Crippen molar-refractivity contribution in [2.45, 2.75) is 57.3 Å². The Morgan fingerprint density at radius 3 is 2.65 bits per heavy atom. The van der Waals surface area contributed by atoms with Crippen molar-refractivity contribution in [3.05, 3.63) is 79.4 Å². The number of hydrogen-bond donors (Lipinski definition) is 2. The van der Waals surface area contributed by atoms with Crippen LogP contribution in [0.2, 0.25) is 0 Å². The predicted octanol–water partition coefficient (Wildman–Crippen LogP) is 4.78. The molecular weight excluding hydrogens is 467 g/mol. The summed E-state index contributed by atoms with van der Waals surface area (Å²) in [4.78, 5) is 26.0. The highest BCUT2D eigenvalue weighted by molar-refractivity contribution is 7.10. The molecule has 0 radical (unpaired) electrons. The zero-order chi connectivity index (χ0) is 24.5. The molecule has 1 aromatic carbocycles. The van der Waals surface area contributed by atoms with Gasteiger partial charge in [0.1, 0.15) is 0 Å². The fourth-order valence-corrected chi connectivity index (χ4v) is 5.33. The van der Waals surface area contributed by atoms with Crippen LogP contribution in [0.25, 0.3) is 0 Å². The molecule has 34 heavy (non-hydrogen) atoms. The van der Waals surface area contributed by atoms with Crippen LogP contribution in [0.1, 0.15) is 57.7 Å². The summed E-state index contributed by atoms with van der Waals surface area (Å²) >= 11 is 1.47. The summed E-state index contributed by atoms with van der Waals surface area (Å²) in [6.07, 6.45) is -0.415. The van der Waals surface area contributed by atoms with Gasteiger partial charge in [-0.05, 0) is 48.4 Å². The van der Waals surface area contributed by atoms with Gasteiger partial charge in [0, 0.05) is 10.3 Å². The molecule has 6 nitrogen and oxygen atoms in total. The standard InChI is InChI=1S/C24H24F3N3O3S/c1-15-9-18(34-13-15)11-28-22(33)20-21(32)19(31)12-30(29-20)14-23(7-2-3-8-23)16-5-4-6-17(10-16)24(25,26)27/h4-6,9-10,12-13,31H,2-3,7-8,11,14H2,1H3,(H,28,33). The van der Waals surface area contributed by atoms with Gasteiger partial charge in [-0.2, -0.15) is 18.3 Å². The van der Waals surface area contributed by atoms with E-state index in [2.05, 4.69) is 10.4 Å². The van der Waals surface area contributed by atoms with Gasteiger partial charge in [0.2, 0.25) is 0 Å². The largest absolute Gasteiger partial charge is 0.503 e. The number of carbonyl (C=O) groups is 1. The van der Waals surface area contributed by atoms with Gasteiger partial charge in [0.25, 0.3) is 11.3 Å². The summed E-state index contributed by atoms with van der Waals surface area (Å²) < 4.78 is 41.2. The van der Waals surface area contributed by atoms with E-state index in [1.165, 1.54) is 22.1 Å². The average Bonchev–Trinajstić information content (AvgIpc) is 3.43. The first-order chi connectivity index (χ1) is 16.1. The quantitative estimate of drug-likeness (QED) is 0.520. The number of benzene rings is 1. The number of halogens is 3. The van der Waals surface area contributed by atoms with Gasteiger partial charge >= 0.3 is 6.18 Å². The highest BCUT2D eigenvalue weighted by atomic mass is 32.1. The molecule has 1 aliphatic carbocycles. The Hall–Kier alpha value is -3.14. The average molecular weight is 492 g/mol. The third-order valence-corrected chi connectivity index (χ3v) is 7.25. The SMILES string of the molecule is Cc1csc(CNC(=O)c2nn(CC3(c4cccc(C(F)(F)F)c4)CCCC3)cc(O)c2=O)c1. The van der Waals surface area contributed by atoms with Crippen molar-refractivity contribution < 1.29 is 23.1 Å². The van der Waals surface area contributed by atoms with Gasteiger partial charge in [-0.3, -0.25) is 14.3 Å². The molecule has 2 heterocycles. The summed E-state index contributed by atoms with van der Waals surface area (Å²) in [5.41, 5.74) is -1.14. The molecule has 0 saturated heterocycles. The van der Waals surface area contributed by atoms with Gasteiger partial charge in [0.15, 0.2) is 11.4 Å². The molecule has 2 aromatic heterocycles. The number of thiophene rings is 1. The molecule has 2 N–H and O–H groups in total. The molecule has 0 unspecified atom stereocenters. The van der Waals surface area contributed by atoms with Crippen LogP contribution in [-0.4, -0.2) is 20.8 Å². The lowest BCUT2D eigenvalue weighted by Gasteiger charge is -2.31. The smallest absolute Gasteiger partial charge is 0.416 e. The first-order valence-electron chi connectivity index (χ1n) is 10.9. The summed E-state index contributed by atoms with van der Waals surface area (Å²) in [7, 11) is 0. The van der Waals surface area contributed by atoms with Crippen LogP contribution >= 0.6 is 11.3 Å². The van der Waals surface area contributed by atoms with Crippen LogP contribution in [0.3, 0.4) is 0 Å². The van der Waals surface area contributed by atoms with Crippen LogP contribution < -0.4 is 10.7 Å². The zero-order valence-electron chi connectivity index (χ0n) is 18.5. The molecule has 1 aliphatic rings. The fraction of sp³-hybridized carbons (Fsp3) is 0.375. The van der Waals surface area contributed by atoms with E-state index in [1.807, 2.05) is 18.4 Å². The summed E-state index contributed by atoms with van der Waals surface area (Å²) in [6, 6.07) is 7.16. The number of aromatic nitrogens is 2. The van der Waals surface area contributed by atoms with Crippen LogP contribution in [0.4, 0.5) is 13.2 Å². The molecule has 0 spiro atoms. The molecule has 0 atom stereocenters. The fourth-order valence-electron chi connectivity index (χ4n) is 4.51. The maximum atomic E-state index is 13.3. The second kappa shape index (κ2) is 9.25. The second-order valence-corrected chi connectivity index (χ2v) is 9.72. The number of nitrogens with zero attached hydrogens (tertiary/aromatic N) is 2. The number of hydrogen-bond acceptors (Lipinski definition) is 5. The second-order valence-electron chi connectivity index (χ2n) is 8.73. The number of alkyl halides is 3. The van der Waals surface area contributed by atoms with Crippen molar-refractivity contribution in [3.63, 3.8) is 0 Å². The van der Waals surface area contributed by atoms with Crippen LogP contribution in [0.5, 0.6) is 5.75 Å². The summed E-state index contributed by atoms with van der Waals surface area (Å²) in [6.45, 7) is 2.27. The number of nitrogens with one attached hydrogen (secondary N) is 1. The summed E-state index contributed by atoms with van der Waals surface area (Å²) in [5.74, 6) is -1.36. The zero-order valence-corrected chi connectivity index (χ0v) is 19.3. The van der Waals surface area contributed by atoms with E-state index in [-0.39, 0.29) is 13.1 Å². The van der Waals surface area contributed by atoms with Gasteiger partial charge in [-0.25, -0.2) is 0 Å². The first-order valence-corrected chi connectivity index (χ1v) is 11.8. The van der Waals surface area contributed by atoms with E-state index in [4.69, 9.17) is 0 Å². The minimum absolute atomic E-state index is 0.131. The van der Waals surface area contributed by atoms with Gasteiger partial charge in [0.05, 0.1) is 24.8 Å². The molecular formula is C24H24F3N3O3S. The molecule has 4 rings (SSSR count). The van der Waals surface area contributed by atoms with E-state index < -0.39 is 39.9 Å². The maximum Gasteiger partial charge on any atom is 0.416 e. The lowest BCUT2D eigenvalue weighted by molar-refractivity contribution is -0.137. The molecule has 0 bridgehead atoms. The third-order valence-electron chi connectivity index (χ3n) is 6.20. The molecule has 0 aliphatic heterocycles. The highest BCUT2D eigenvalue weighted by Gasteiger charge is 2.39. The van der Waals surface area contributed by atoms with Gasteiger partial charge in [-0.15, -0.1) is 11.3 Å². The highest BCUT2D eigenvalue weighted by Crippen LogP contribution is 2.44. The monoisotopic (exact) mass is 491 g/mol. The Labute approximate surface area is 198 Å². The number of aromatic hydroxyl groups is 1. The Morgan fingerprint density at radius 2 is 2.00 bits per heavy atom. The van der Waals surface area contributed by atoms with Gasteiger partial charge in [-0.1, -0.05) is 31.0 Å². The van der Waals surface area contributed by atoms with Crippen molar-refractivity contribution in [1.82, 2.24) is 15.1 Å². The topological polar surface area (TPSA) is 84.2 Å². The Bertz CT molecular complexity index is 1260. The Kier molecular flexibility index (Phi) is 6.53. The molecule has 10 heteroatoms. The van der Waals surface area contributed by atoms with Crippen molar-refractivity contribution in [3.8, 4) is 5.75 Å². The van der Waals surface area contributed by atoms with E-state index in [1.54, 1.807) is 6.07 Å². The van der Waals surface area contributed by atoms with E-state index >= 15 is 0 Å². The lowest BCUT2D eigenvalue weighted by atomic mass is 9.78. The molecule has 1 amide bonds. The number of amides is 1. The minimum atomic E-state index is -4.46. The Morgan fingerprint density at radius 1 is 1.26 bits per heavy atom. The van der Waals surface area contributed by atoms with Crippen LogP contribution in [-0.2, 0) is 24.7 Å². The number of carbonyl (C=O) groups excluding carboxylic acids is 1. The van der Waals surface area contributed by atoms with Crippen molar-refractivity contribution in [2.24, 2.45) is 0 Å². The van der Waals surface area contributed by atoms with E-state index in [9.17, 15) is 27.9 Å². The van der Waals surface area contributed by atoms with Crippen molar-refractivity contribution in [2.75, 3.05) is 0 Å². The summed E-state index contributed by atoms with van der Waals surface area (Å²) in [5, 5.41) is 18.9. The third kappa shape index (κ3) is 5.01. The van der Waals surface area contributed by atoms with Gasteiger partial charge < -0.3 is 10.4 Å². The Balaban J connectivity index is 1.63. The number of aryl methyl sites for hydroxylation is 1. The molecule has 1 fully saturated rings. The van der Waals surface area contributed by atoms with Crippen molar-refractivity contribution in [1.29, 1.82) is 0 Å². The normalized spacial score (nSPS) is 15.4. The minimum Gasteiger partial charge on any atom is -0.503 e. The first kappa shape index (κ1) is 24.0. The van der Waals surface area contributed by atoms with Crippen LogP contribution in [0.15, 0.2) is 46.7 Å². The van der Waals surface area contributed by atoms with E-state index in [0.29, 0.717) is 18.4 Å². The van der Waals surface area contributed by atoms with Crippen LogP contribution in [0, 0.1) is 6.92 Å². The van der Waals surface area contributed by atoms with Crippen molar-refractivity contribution >= 4 is 17.2 Å². The lowest BCUT2D eigenvalue weighted by Crippen LogP contribution is -2.34. The molecule has 1 saturated carbocycles. The maximum absolute atomic E-state index is 13.3. The molecule has 180 valence electrons. The number of rotatable bonds is 6.